The number of para-hydroxylation sites is 2. The third kappa shape index (κ3) is 5.41. The minimum Gasteiger partial charge on any atom is -0.505 e. The molecule has 0 atom stereocenters. The molecule has 0 aliphatic rings. The smallest absolute Gasteiger partial charge is 0.296 e. The van der Waals surface area contributed by atoms with Gasteiger partial charge in [0.2, 0.25) is 0 Å². The molecule has 0 aromatic heterocycles. The predicted molar refractivity (Wildman–Crippen MR) is 141 cm³/mol. The maximum Gasteiger partial charge on any atom is 0.296 e. The van der Waals surface area contributed by atoms with Crippen LogP contribution in [0, 0.1) is 0 Å². The van der Waals surface area contributed by atoms with E-state index in [0.29, 0.717) is 34.2 Å². The standard InChI is InChI=1S/C26H22ClN3O6S/c1-3-15-13-19(27)23(37(33,34)35)14-21(15)29-30-24-17-9-5-4-8-16(17)12-18(25(24)31)26(32)28-20-10-6-7-11-22(20)36-2/h4-14,31H,3H2,1-2H3,(H,28,32)(H,33,34,35). The van der Waals surface area contributed by atoms with Crippen LogP contribution in [0.3, 0.4) is 0 Å². The maximum absolute atomic E-state index is 13.2. The number of amides is 1. The normalized spacial score (nSPS) is 11.7. The number of fused-ring (bicyclic) bond motifs is 1. The number of nitrogens with zero attached hydrogens (tertiary/aromatic N) is 2. The van der Waals surface area contributed by atoms with Gasteiger partial charge in [-0.15, -0.1) is 5.11 Å². The number of nitrogens with one attached hydrogen (secondary N) is 1. The number of carbonyl (C=O) groups excluding carboxylic acids is 1. The summed E-state index contributed by atoms with van der Waals surface area (Å²) in [6, 6.07) is 17.8. The van der Waals surface area contributed by atoms with E-state index in [2.05, 4.69) is 15.5 Å². The lowest BCUT2D eigenvalue weighted by molar-refractivity contribution is 0.102. The Morgan fingerprint density at radius 2 is 1.76 bits per heavy atom. The Morgan fingerprint density at radius 1 is 1.05 bits per heavy atom. The predicted octanol–water partition coefficient (Wildman–Crippen LogP) is 6.68. The lowest BCUT2D eigenvalue weighted by Gasteiger charge is -2.13. The van der Waals surface area contributed by atoms with Crippen LogP contribution in [0.4, 0.5) is 17.1 Å². The molecule has 0 spiro atoms. The molecule has 9 nitrogen and oxygen atoms in total. The van der Waals surface area contributed by atoms with Crippen LogP contribution in [0.2, 0.25) is 5.02 Å². The van der Waals surface area contributed by atoms with Gasteiger partial charge >= 0.3 is 0 Å². The van der Waals surface area contributed by atoms with Crippen molar-refractivity contribution in [1.29, 1.82) is 0 Å². The van der Waals surface area contributed by atoms with E-state index in [0.717, 1.165) is 6.07 Å². The molecule has 0 unspecified atom stereocenters. The van der Waals surface area contributed by atoms with Crippen molar-refractivity contribution in [2.75, 3.05) is 12.4 Å². The first-order valence-electron chi connectivity index (χ1n) is 11.0. The summed E-state index contributed by atoms with van der Waals surface area (Å²) in [5.74, 6) is -0.573. The van der Waals surface area contributed by atoms with Crippen LogP contribution in [0.1, 0.15) is 22.8 Å². The van der Waals surface area contributed by atoms with E-state index < -0.39 is 26.7 Å². The number of azo groups is 1. The molecule has 0 saturated heterocycles. The molecule has 4 aromatic carbocycles. The van der Waals surface area contributed by atoms with Gasteiger partial charge in [0.05, 0.1) is 29.1 Å². The second-order valence-corrected chi connectivity index (χ2v) is 9.73. The van der Waals surface area contributed by atoms with Crippen molar-refractivity contribution in [3.05, 3.63) is 82.9 Å². The molecule has 190 valence electrons. The molecule has 0 heterocycles. The lowest BCUT2D eigenvalue weighted by Crippen LogP contribution is -2.13. The van der Waals surface area contributed by atoms with Gasteiger partial charge in [-0.25, -0.2) is 0 Å². The van der Waals surface area contributed by atoms with Crippen molar-refractivity contribution < 1.29 is 27.6 Å². The number of ether oxygens (including phenoxy) is 1. The van der Waals surface area contributed by atoms with Gasteiger partial charge in [-0.3, -0.25) is 9.35 Å². The molecule has 4 aromatic rings. The first-order valence-corrected chi connectivity index (χ1v) is 12.9. The fourth-order valence-electron chi connectivity index (χ4n) is 3.79. The summed E-state index contributed by atoms with van der Waals surface area (Å²) < 4.78 is 38.2. The Morgan fingerprint density at radius 3 is 2.46 bits per heavy atom. The number of methoxy groups -OCH3 is 1. The van der Waals surface area contributed by atoms with Crippen molar-refractivity contribution in [2.45, 2.75) is 18.2 Å². The average Bonchev–Trinajstić information content (AvgIpc) is 2.87. The van der Waals surface area contributed by atoms with E-state index in [9.17, 15) is 22.9 Å². The van der Waals surface area contributed by atoms with E-state index in [1.807, 2.05) is 6.92 Å². The average molecular weight is 540 g/mol. The molecule has 3 N–H and O–H groups in total. The zero-order valence-corrected chi connectivity index (χ0v) is 21.3. The minimum atomic E-state index is -4.61. The second kappa shape index (κ2) is 10.6. The molecule has 37 heavy (non-hydrogen) atoms. The number of halogens is 1. The molecule has 0 fully saturated rings. The van der Waals surface area contributed by atoms with Crippen molar-refractivity contribution in [1.82, 2.24) is 0 Å². The second-order valence-electron chi connectivity index (χ2n) is 7.94. The summed E-state index contributed by atoms with van der Waals surface area (Å²) in [5, 5.41) is 23.2. The minimum absolute atomic E-state index is 0.00804. The van der Waals surface area contributed by atoms with Gasteiger partial charge < -0.3 is 15.2 Å². The summed E-state index contributed by atoms with van der Waals surface area (Å²) in [4.78, 5) is 12.6. The number of phenols is 1. The summed E-state index contributed by atoms with van der Waals surface area (Å²) in [5.41, 5.74) is 1.07. The van der Waals surface area contributed by atoms with Gasteiger partial charge in [-0.2, -0.15) is 13.5 Å². The SMILES string of the molecule is CCc1cc(Cl)c(S(=O)(=O)O)cc1N=Nc1c(O)c(C(=O)Nc2ccccc2OC)cc2ccccc12. The van der Waals surface area contributed by atoms with Crippen LogP contribution in [-0.4, -0.2) is 31.1 Å². The fourth-order valence-corrected chi connectivity index (χ4v) is 4.84. The number of rotatable bonds is 7. The molecule has 0 aliphatic heterocycles. The number of hydrogen-bond donors (Lipinski definition) is 3. The number of hydrogen-bond acceptors (Lipinski definition) is 7. The van der Waals surface area contributed by atoms with Crippen molar-refractivity contribution in [3.63, 3.8) is 0 Å². The van der Waals surface area contributed by atoms with Crippen LogP contribution >= 0.6 is 11.6 Å². The number of aromatic hydroxyl groups is 1. The highest BCUT2D eigenvalue weighted by Gasteiger charge is 2.21. The van der Waals surface area contributed by atoms with Crippen LogP contribution in [0.15, 0.2) is 81.9 Å². The molecular weight excluding hydrogens is 518 g/mol. The quantitative estimate of drug-likeness (QED) is 0.177. The van der Waals surface area contributed by atoms with Gasteiger partial charge in [-0.1, -0.05) is 54.9 Å². The van der Waals surface area contributed by atoms with Gasteiger partial charge in [-0.05, 0) is 47.7 Å². The summed E-state index contributed by atoms with van der Waals surface area (Å²) in [7, 11) is -3.13. The molecule has 0 bridgehead atoms. The first-order chi connectivity index (χ1) is 17.6. The zero-order chi connectivity index (χ0) is 26.7. The molecule has 0 aliphatic carbocycles. The molecule has 4 rings (SSSR count). The fraction of sp³-hybridized carbons (Fsp3) is 0.115. The Hall–Kier alpha value is -3.99. The van der Waals surface area contributed by atoms with E-state index in [-0.39, 0.29) is 22.0 Å². The number of benzene rings is 4. The summed E-state index contributed by atoms with van der Waals surface area (Å²) >= 11 is 6.02. The number of anilines is 1. The molecule has 0 radical (unpaired) electrons. The van der Waals surface area contributed by atoms with Gasteiger partial charge in [0.25, 0.3) is 16.0 Å². The van der Waals surface area contributed by atoms with Crippen molar-refractivity contribution >= 4 is 55.5 Å². The number of aryl methyl sites for hydroxylation is 1. The van der Waals surface area contributed by atoms with Crippen molar-refractivity contribution in [3.8, 4) is 11.5 Å². The largest absolute Gasteiger partial charge is 0.505 e. The first kappa shape index (κ1) is 26.1. The molecule has 0 saturated carbocycles. The van der Waals surface area contributed by atoms with Gasteiger partial charge in [0, 0.05) is 5.39 Å². The molecule has 1 amide bonds. The zero-order valence-electron chi connectivity index (χ0n) is 19.8. The molecular formula is C26H22ClN3O6S. The van der Waals surface area contributed by atoms with Gasteiger partial charge in [0.1, 0.15) is 16.3 Å². The van der Waals surface area contributed by atoms with E-state index in [1.54, 1.807) is 48.5 Å². The van der Waals surface area contributed by atoms with Crippen LogP contribution in [0.25, 0.3) is 10.8 Å². The van der Waals surface area contributed by atoms with E-state index in [4.69, 9.17) is 16.3 Å². The van der Waals surface area contributed by atoms with E-state index in [1.165, 1.54) is 19.2 Å². The number of phenolic OH excluding ortho intramolecular Hbond substituents is 1. The Balaban J connectivity index is 1.84. The lowest BCUT2D eigenvalue weighted by atomic mass is 10.0. The monoisotopic (exact) mass is 539 g/mol. The summed E-state index contributed by atoms with van der Waals surface area (Å²) in [6.45, 7) is 1.81. The third-order valence-corrected chi connectivity index (χ3v) is 6.96. The molecule has 11 heteroatoms. The Labute approximate surface area is 218 Å². The van der Waals surface area contributed by atoms with E-state index >= 15 is 0 Å². The highest BCUT2D eigenvalue weighted by molar-refractivity contribution is 7.86. The Kier molecular flexibility index (Phi) is 7.44. The summed E-state index contributed by atoms with van der Waals surface area (Å²) in [6.07, 6.45) is 0.438. The third-order valence-electron chi connectivity index (χ3n) is 5.64. The van der Waals surface area contributed by atoms with Crippen LogP contribution in [-0.2, 0) is 16.5 Å². The highest BCUT2D eigenvalue weighted by atomic mass is 35.5. The number of carbonyl (C=O) groups is 1. The van der Waals surface area contributed by atoms with Gasteiger partial charge in [0.15, 0.2) is 5.75 Å². The van der Waals surface area contributed by atoms with Crippen LogP contribution in [0.5, 0.6) is 11.5 Å². The van der Waals surface area contributed by atoms with Crippen LogP contribution < -0.4 is 10.1 Å². The maximum atomic E-state index is 13.2. The Bertz CT molecular complexity index is 1650. The van der Waals surface area contributed by atoms with Crippen molar-refractivity contribution in [2.24, 2.45) is 10.2 Å². The topological polar surface area (TPSA) is 138 Å². The highest BCUT2D eigenvalue weighted by Crippen LogP contribution is 2.41.